The van der Waals surface area contributed by atoms with Gasteiger partial charge in [-0.2, -0.15) is 8.42 Å². The Morgan fingerprint density at radius 1 is 1.11 bits per heavy atom. The highest BCUT2D eigenvalue weighted by atomic mass is 32.2. The molecule has 5 N–H and O–H groups in total. The predicted octanol–water partition coefficient (Wildman–Crippen LogP) is 1.77. The van der Waals surface area contributed by atoms with Gasteiger partial charge in [-0.25, -0.2) is 13.8 Å². The number of urea groups is 1. The lowest BCUT2D eigenvalue weighted by Gasteiger charge is -2.16. The lowest BCUT2D eigenvalue weighted by Crippen LogP contribution is -2.30. The highest BCUT2D eigenvalue weighted by Crippen LogP contribution is 2.32. The second-order valence-electron chi connectivity index (χ2n) is 5.74. The van der Waals surface area contributed by atoms with Gasteiger partial charge in [-0.15, -0.1) is 0 Å². The first kappa shape index (κ1) is 18.4. The summed E-state index contributed by atoms with van der Waals surface area (Å²) in [4.78, 5) is 11.8. The summed E-state index contributed by atoms with van der Waals surface area (Å²) in [6.07, 6.45) is 1.39. The van der Waals surface area contributed by atoms with Gasteiger partial charge in [-0.3, -0.25) is 0 Å². The van der Waals surface area contributed by atoms with Crippen molar-refractivity contribution in [3.63, 3.8) is 0 Å². The number of aromatic hydroxyl groups is 1. The molecule has 1 aliphatic heterocycles. The van der Waals surface area contributed by atoms with Gasteiger partial charge in [0.2, 0.25) is 5.88 Å². The van der Waals surface area contributed by atoms with E-state index in [-0.39, 0.29) is 17.5 Å². The summed E-state index contributed by atoms with van der Waals surface area (Å²) >= 11 is 0. The van der Waals surface area contributed by atoms with E-state index < -0.39 is 16.1 Å². The monoisotopic (exact) mass is 390 g/mol. The first-order valence-electron chi connectivity index (χ1n) is 8.00. The number of aliphatic hydroxyl groups excluding tert-OH is 1. The number of hydrogen-bond donors (Lipinski definition) is 5. The number of anilines is 2. The van der Waals surface area contributed by atoms with Crippen LogP contribution in [0.15, 0.2) is 60.6 Å². The van der Waals surface area contributed by atoms with Crippen LogP contribution in [0, 0.1) is 0 Å². The van der Waals surface area contributed by atoms with E-state index in [0.717, 1.165) is 10.5 Å². The highest BCUT2D eigenvalue weighted by Gasteiger charge is 2.30. The zero-order chi connectivity index (χ0) is 19.4. The van der Waals surface area contributed by atoms with Gasteiger partial charge < -0.3 is 20.8 Å². The normalized spacial score (nSPS) is 15.0. The van der Waals surface area contributed by atoms with Crippen molar-refractivity contribution in [2.75, 3.05) is 16.2 Å². The van der Waals surface area contributed by atoms with Crippen molar-refractivity contribution < 1.29 is 23.4 Å². The molecule has 0 saturated heterocycles. The van der Waals surface area contributed by atoms with Crippen LogP contribution in [-0.4, -0.2) is 31.2 Å². The molecule has 0 aromatic heterocycles. The molecule has 0 fully saturated rings. The van der Waals surface area contributed by atoms with E-state index in [4.69, 9.17) is 0 Å². The Morgan fingerprint density at radius 2 is 1.85 bits per heavy atom. The molecule has 0 radical (unpaired) electrons. The molecule has 1 heterocycles. The minimum atomic E-state index is -3.97. The van der Waals surface area contributed by atoms with Gasteiger partial charge in [-0.05, 0) is 36.2 Å². The standard InChI is InChI=1S/C17H18N4O5S/c22-15-10-12(6-7-14(15)21-11-16(23)20-27(21,25)26)8-9-18-17(24)19-13-4-2-1-3-5-13/h1-7,10-11,20,22-23H,8-9H2,(H2,18,19,24). The molecule has 2 aromatic carbocycles. The van der Waals surface area contributed by atoms with Crippen molar-refractivity contribution in [1.29, 1.82) is 0 Å². The number of carbonyl (C=O) groups is 1. The largest absolute Gasteiger partial charge is 0.506 e. The van der Waals surface area contributed by atoms with Crippen LogP contribution in [-0.2, 0) is 16.6 Å². The number of hydrogen-bond acceptors (Lipinski definition) is 5. The number of carbonyl (C=O) groups excluding carboxylic acids is 1. The van der Waals surface area contributed by atoms with Crippen LogP contribution in [0.2, 0.25) is 0 Å². The van der Waals surface area contributed by atoms with Crippen molar-refractivity contribution in [3.05, 3.63) is 66.2 Å². The van der Waals surface area contributed by atoms with Crippen molar-refractivity contribution in [2.45, 2.75) is 6.42 Å². The SMILES string of the molecule is O=C(NCCc1ccc(N2C=C(O)NS2(=O)=O)c(O)c1)Nc1ccccc1. The van der Waals surface area contributed by atoms with Gasteiger partial charge in [0.15, 0.2) is 0 Å². The summed E-state index contributed by atoms with van der Waals surface area (Å²) in [5, 5.41) is 24.8. The number of rotatable bonds is 5. The Hall–Kier alpha value is -3.40. The minimum Gasteiger partial charge on any atom is -0.506 e. The van der Waals surface area contributed by atoms with Crippen LogP contribution in [0.4, 0.5) is 16.2 Å². The molecule has 10 heteroatoms. The maximum Gasteiger partial charge on any atom is 0.330 e. The van der Waals surface area contributed by atoms with Crippen LogP contribution in [0.3, 0.4) is 0 Å². The molecule has 142 valence electrons. The molecule has 0 atom stereocenters. The molecule has 27 heavy (non-hydrogen) atoms. The zero-order valence-electron chi connectivity index (χ0n) is 14.1. The smallest absolute Gasteiger partial charge is 0.330 e. The third-order valence-corrected chi connectivity index (χ3v) is 5.03. The van der Waals surface area contributed by atoms with Gasteiger partial charge in [0.1, 0.15) is 11.4 Å². The fourth-order valence-electron chi connectivity index (χ4n) is 2.52. The number of nitrogens with one attached hydrogen (secondary N) is 3. The van der Waals surface area contributed by atoms with Crippen LogP contribution in [0.25, 0.3) is 0 Å². The van der Waals surface area contributed by atoms with E-state index in [1.807, 2.05) is 22.9 Å². The topological polar surface area (TPSA) is 131 Å². The minimum absolute atomic E-state index is 0.00470. The number of para-hydroxylation sites is 1. The molecule has 2 amide bonds. The van der Waals surface area contributed by atoms with Crippen LogP contribution < -0.4 is 19.7 Å². The molecule has 0 saturated carbocycles. The number of nitrogens with zero attached hydrogens (tertiary/aromatic N) is 1. The van der Waals surface area contributed by atoms with Crippen LogP contribution in [0.5, 0.6) is 5.75 Å². The fourth-order valence-corrected chi connectivity index (χ4v) is 3.58. The first-order valence-corrected chi connectivity index (χ1v) is 9.44. The summed E-state index contributed by atoms with van der Waals surface area (Å²) < 4.78 is 26.3. The maximum absolute atomic E-state index is 11.8. The molecule has 9 nitrogen and oxygen atoms in total. The van der Waals surface area contributed by atoms with E-state index in [1.54, 1.807) is 18.2 Å². The maximum atomic E-state index is 11.8. The Balaban J connectivity index is 1.58. The average molecular weight is 390 g/mol. The van der Waals surface area contributed by atoms with E-state index in [1.165, 1.54) is 12.1 Å². The fraction of sp³-hybridized carbons (Fsp3) is 0.118. The highest BCUT2D eigenvalue weighted by molar-refractivity contribution is 7.91. The van der Waals surface area contributed by atoms with E-state index in [0.29, 0.717) is 24.2 Å². The van der Waals surface area contributed by atoms with Crippen molar-refractivity contribution in [1.82, 2.24) is 10.0 Å². The van der Waals surface area contributed by atoms with Gasteiger partial charge >= 0.3 is 16.2 Å². The van der Waals surface area contributed by atoms with Gasteiger partial charge in [0, 0.05) is 12.2 Å². The Morgan fingerprint density at radius 3 is 2.48 bits per heavy atom. The van der Waals surface area contributed by atoms with E-state index in [2.05, 4.69) is 10.6 Å². The third-order valence-electron chi connectivity index (χ3n) is 3.74. The summed E-state index contributed by atoms with van der Waals surface area (Å²) in [6, 6.07) is 13.1. The summed E-state index contributed by atoms with van der Waals surface area (Å²) in [5.74, 6) is -0.801. The van der Waals surface area contributed by atoms with Gasteiger partial charge in [0.05, 0.1) is 6.20 Å². The number of aliphatic hydroxyl groups is 1. The van der Waals surface area contributed by atoms with E-state index >= 15 is 0 Å². The quantitative estimate of drug-likeness (QED) is 0.531. The molecule has 0 spiro atoms. The molecule has 0 unspecified atom stereocenters. The molecule has 1 aliphatic rings. The summed E-state index contributed by atoms with van der Waals surface area (Å²) in [6.45, 7) is 0.321. The molecule has 2 aromatic rings. The Kier molecular flexibility index (Phi) is 5.08. The van der Waals surface area contributed by atoms with Crippen molar-refractivity contribution in [2.24, 2.45) is 0 Å². The number of phenolic OH excluding ortho intramolecular Hbond substituents is 1. The molecule has 0 aliphatic carbocycles. The molecular weight excluding hydrogens is 372 g/mol. The average Bonchev–Trinajstić information content (AvgIpc) is 2.88. The molecule has 3 rings (SSSR count). The van der Waals surface area contributed by atoms with Crippen LogP contribution in [0.1, 0.15) is 5.56 Å². The third kappa shape index (κ3) is 4.42. The number of benzene rings is 2. The number of amides is 2. The second-order valence-corrected chi connectivity index (χ2v) is 7.28. The Labute approximate surface area is 156 Å². The number of phenols is 1. The first-order chi connectivity index (χ1) is 12.8. The zero-order valence-corrected chi connectivity index (χ0v) is 14.9. The Bertz CT molecular complexity index is 976. The van der Waals surface area contributed by atoms with Crippen LogP contribution >= 0.6 is 0 Å². The lowest BCUT2D eigenvalue weighted by molar-refractivity contribution is 0.252. The van der Waals surface area contributed by atoms with Crippen molar-refractivity contribution in [3.8, 4) is 5.75 Å². The molecule has 0 bridgehead atoms. The van der Waals surface area contributed by atoms with Crippen molar-refractivity contribution >= 4 is 27.6 Å². The lowest BCUT2D eigenvalue weighted by atomic mass is 10.1. The van der Waals surface area contributed by atoms with E-state index in [9.17, 15) is 23.4 Å². The second kappa shape index (κ2) is 7.46. The van der Waals surface area contributed by atoms with Gasteiger partial charge in [0.25, 0.3) is 0 Å². The summed E-state index contributed by atoms with van der Waals surface area (Å²) in [7, 11) is -3.97. The summed E-state index contributed by atoms with van der Waals surface area (Å²) in [5.41, 5.74) is 1.38. The van der Waals surface area contributed by atoms with Gasteiger partial charge in [-0.1, -0.05) is 24.3 Å². The molecular formula is C17H18N4O5S. The predicted molar refractivity (Wildman–Crippen MR) is 101 cm³/mol.